The number of aromatic nitrogens is 2. The molecule has 1 N–H and O–H groups in total. The lowest BCUT2D eigenvalue weighted by Crippen LogP contribution is -2.40. The van der Waals surface area contributed by atoms with Gasteiger partial charge in [0, 0.05) is 38.1 Å². The standard InChI is InChI=1S/C15H28N4/c1-14(2)11-19(12-15-5-3-6-17-15)9-4-8-18-10-7-16-13-18/h7,10,13-15,17H,3-6,8-9,11-12H2,1-2H3. The first-order chi connectivity index (χ1) is 9.24. The van der Waals surface area contributed by atoms with Crippen molar-refractivity contribution in [3.05, 3.63) is 18.7 Å². The SMILES string of the molecule is CC(C)CN(CCCn1ccnc1)CC1CCCN1. The largest absolute Gasteiger partial charge is 0.337 e. The molecule has 0 aromatic carbocycles. The Kier molecular flexibility index (Phi) is 5.86. The van der Waals surface area contributed by atoms with Crippen LogP contribution >= 0.6 is 0 Å². The molecule has 4 heteroatoms. The summed E-state index contributed by atoms with van der Waals surface area (Å²) in [5.41, 5.74) is 0. The van der Waals surface area contributed by atoms with Gasteiger partial charge in [0.15, 0.2) is 0 Å². The van der Waals surface area contributed by atoms with Crippen molar-refractivity contribution in [2.75, 3.05) is 26.2 Å². The highest BCUT2D eigenvalue weighted by molar-refractivity contribution is 4.79. The third-order valence-corrected chi connectivity index (χ3v) is 3.71. The molecule has 0 saturated carbocycles. The summed E-state index contributed by atoms with van der Waals surface area (Å²) in [4.78, 5) is 6.72. The monoisotopic (exact) mass is 264 g/mol. The summed E-state index contributed by atoms with van der Waals surface area (Å²) < 4.78 is 2.17. The van der Waals surface area contributed by atoms with E-state index in [9.17, 15) is 0 Å². The quantitative estimate of drug-likeness (QED) is 0.779. The number of imidazole rings is 1. The van der Waals surface area contributed by atoms with E-state index in [1.54, 1.807) is 0 Å². The number of aryl methyl sites for hydroxylation is 1. The summed E-state index contributed by atoms with van der Waals surface area (Å²) in [6, 6.07) is 0.715. The van der Waals surface area contributed by atoms with Crippen LogP contribution in [0.3, 0.4) is 0 Å². The molecule has 0 bridgehead atoms. The first-order valence-electron chi connectivity index (χ1n) is 7.65. The molecule has 2 heterocycles. The van der Waals surface area contributed by atoms with Crippen molar-refractivity contribution in [2.24, 2.45) is 5.92 Å². The van der Waals surface area contributed by atoms with Crippen molar-refractivity contribution < 1.29 is 0 Å². The summed E-state index contributed by atoms with van der Waals surface area (Å²) in [6.45, 7) is 10.5. The fourth-order valence-corrected chi connectivity index (χ4v) is 2.89. The minimum absolute atomic E-state index is 0.715. The molecular weight excluding hydrogens is 236 g/mol. The highest BCUT2D eigenvalue weighted by Crippen LogP contribution is 2.09. The van der Waals surface area contributed by atoms with E-state index in [-0.39, 0.29) is 0 Å². The second-order valence-corrected chi connectivity index (χ2v) is 6.10. The molecule has 1 aliphatic rings. The molecule has 1 aromatic heterocycles. The van der Waals surface area contributed by atoms with E-state index in [2.05, 4.69) is 33.6 Å². The summed E-state index contributed by atoms with van der Waals surface area (Å²) in [7, 11) is 0. The number of hydrogen-bond acceptors (Lipinski definition) is 3. The number of hydrogen-bond donors (Lipinski definition) is 1. The summed E-state index contributed by atoms with van der Waals surface area (Å²) in [6.07, 6.45) is 9.70. The molecule has 0 amide bonds. The molecule has 2 rings (SSSR count). The van der Waals surface area contributed by atoms with Gasteiger partial charge < -0.3 is 14.8 Å². The Bertz CT molecular complexity index is 328. The molecule has 1 fully saturated rings. The van der Waals surface area contributed by atoms with Crippen LogP contribution in [0.5, 0.6) is 0 Å². The number of rotatable bonds is 8. The van der Waals surface area contributed by atoms with Crippen LogP contribution in [0.4, 0.5) is 0 Å². The highest BCUT2D eigenvalue weighted by atomic mass is 15.2. The van der Waals surface area contributed by atoms with Crippen molar-refractivity contribution in [1.29, 1.82) is 0 Å². The molecule has 4 nitrogen and oxygen atoms in total. The van der Waals surface area contributed by atoms with Gasteiger partial charge in [0.25, 0.3) is 0 Å². The Morgan fingerprint density at radius 1 is 1.47 bits per heavy atom. The number of nitrogens with zero attached hydrogens (tertiary/aromatic N) is 3. The molecule has 0 spiro atoms. The highest BCUT2D eigenvalue weighted by Gasteiger charge is 2.18. The van der Waals surface area contributed by atoms with Crippen LogP contribution < -0.4 is 5.32 Å². The van der Waals surface area contributed by atoms with E-state index in [0.29, 0.717) is 6.04 Å². The average Bonchev–Trinajstić information content (AvgIpc) is 3.00. The molecular formula is C15H28N4. The van der Waals surface area contributed by atoms with Gasteiger partial charge in [-0.3, -0.25) is 0 Å². The summed E-state index contributed by atoms with van der Waals surface area (Å²) in [5, 5.41) is 3.61. The van der Waals surface area contributed by atoms with Gasteiger partial charge in [-0.25, -0.2) is 4.98 Å². The van der Waals surface area contributed by atoms with Crippen LogP contribution in [-0.4, -0.2) is 46.7 Å². The second-order valence-electron chi connectivity index (χ2n) is 6.10. The summed E-state index contributed by atoms with van der Waals surface area (Å²) in [5.74, 6) is 0.745. The molecule has 0 radical (unpaired) electrons. The topological polar surface area (TPSA) is 33.1 Å². The molecule has 1 aliphatic heterocycles. The predicted molar refractivity (Wildman–Crippen MR) is 79.1 cm³/mol. The minimum atomic E-state index is 0.715. The van der Waals surface area contributed by atoms with Crippen LogP contribution in [0.15, 0.2) is 18.7 Å². The fourth-order valence-electron chi connectivity index (χ4n) is 2.89. The van der Waals surface area contributed by atoms with Gasteiger partial charge in [0.05, 0.1) is 6.33 Å². The fraction of sp³-hybridized carbons (Fsp3) is 0.800. The van der Waals surface area contributed by atoms with Crippen LogP contribution in [0.2, 0.25) is 0 Å². The van der Waals surface area contributed by atoms with Crippen LogP contribution in [-0.2, 0) is 6.54 Å². The maximum Gasteiger partial charge on any atom is 0.0945 e. The Labute approximate surface area is 117 Å². The van der Waals surface area contributed by atoms with Crippen LogP contribution in [0.1, 0.15) is 33.1 Å². The van der Waals surface area contributed by atoms with Gasteiger partial charge in [-0.2, -0.15) is 0 Å². The average molecular weight is 264 g/mol. The maximum absolute atomic E-state index is 4.09. The van der Waals surface area contributed by atoms with E-state index in [1.165, 1.54) is 45.4 Å². The third kappa shape index (κ3) is 5.33. The molecule has 1 atom stereocenters. The smallest absolute Gasteiger partial charge is 0.0945 e. The van der Waals surface area contributed by atoms with Crippen molar-refractivity contribution in [3.63, 3.8) is 0 Å². The lowest BCUT2D eigenvalue weighted by Gasteiger charge is -2.27. The molecule has 1 unspecified atom stereocenters. The van der Waals surface area contributed by atoms with Gasteiger partial charge in [-0.15, -0.1) is 0 Å². The van der Waals surface area contributed by atoms with E-state index >= 15 is 0 Å². The lowest BCUT2D eigenvalue weighted by atomic mass is 10.1. The normalized spacial score (nSPS) is 19.7. The zero-order chi connectivity index (χ0) is 13.5. The van der Waals surface area contributed by atoms with E-state index < -0.39 is 0 Å². The Hall–Kier alpha value is -0.870. The van der Waals surface area contributed by atoms with Crippen molar-refractivity contribution in [2.45, 2.75) is 45.7 Å². The zero-order valence-corrected chi connectivity index (χ0v) is 12.4. The molecule has 0 aliphatic carbocycles. The first kappa shape index (κ1) is 14.5. The second kappa shape index (κ2) is 7.65. The van der Waals surface area contributed by atoms with Crippen molar-refractivity contribution in [3.8, 4) is 0 Å². The van der Waals surface area contributed by atoms with Crippen molar-refractivity contribution >= 4 is 0 Å². The van der Waals surface area contributed by atoms with Crippen LogP contribution in [0, 0.1) is 5.92 Å². The van der Waals surface area contributed by atoms with Crippen molar-refractivity contribution in [1.82, 2.24) is 19.8 Å². The van der Waals surface area contributed by atoms with E-state index in [0.717, 1.165) is 12.5 Å². The maximum atomic E-state index is 4.09. The first-order valence-corrected chi connectivity index (χ1v) is 7.65. The Balaban J connectivity index is 1.72. The third-order valence-electron chi connectivity index (χ3n) is 3.71. The van der Waals surface area contributed by atoms with Gasteiger partial charge >= 0.3 is 0 Å². The van der Waals surface area contributed by atoms with Gasteiger partial charge in [-0.1, -0.05) is 13.8 Å². The molecule has 1 saturated heterocycles. The predicted octanol–water partition coefficient (Wildman–Crippen LogP) is 1.98. The molecule has 1 aromatic rings. The molecule has 19 heavy (non-hydrogen) atoms. The lowest BCUT2D eigenvalue weighted by molar-refractivity contribution is 0.218. The van der Waals surface area contributed by atoms with Crippen LogP contribution in [0.25, 0.3) is 0 Å². The van der Waals surface area contributed by atoms with E-state index in [1.807, 2.05) is 18.7 Å². The summed E-state index contributed by atoms with van der Waals surface area (Å²) >= 11 is 0. The Morgan fingerprint density at radius 3 is 3.00 bits per heavy atom. The molecule has 108 valence electrons. The van der Waals surface area contributed by atoms with Gasteiger partial charge in [0.1, 0.15) is 0 Å². The zero-order valence-electron chi connectivity index (χ0n) is 12.4. The van der Waals surface area contributed by atoms with E-state index in [4.69, 9.17) is 0 Å². The Morgan fingerprint density at radius 2 is 2.37 bits per heavy atom. The minimum Gasteiger partial charge on any atom is -0.337 e. The van der Waals surface area contributed by atoms with Gasteiger partial charge in [-0.05, 0) is 38.3 Å². The van der Waals surface area contributed by atoms with Gasteiger partial charge in [0.2, 0.25) is 0 Å². The number of nitrogens with one attached hydrogen (secondary N) is 1.